The van der Waals surface area contributed by atoms with Crippen LogP contribution in [0.4, 0.5) is 28.9 Å². The lowest BCUT2D eigenvalue weighted by molar-refractivity contribution is -0.167. The number of hydrogen-bond donors (Lipinski definition) is 2. The second-order valence-corrected chi connectivity index (χ2v) is 6.82. The summed E-state index contributed by atoms with van der Waals surface area (Å²) in [7, 11) is -4.19. The molecule has 25 heavy (non-hydrogen) atoms. The summed E-state index contributed by atoms with van der Waals surface area (Å²) in [5.74, 6) is -3.09. The highest BCUT2D eigenvalue weighted by Crippen LogP contribution is 2.24. The van der Waals surface area contributed by atoms with E-state index in [4.69, 9.17) is 11.6 Å². The van der Waals surface area contributed by atoms with Gasteiger partial charge < -0.3 is 5.32 Å². The van der Waals surface area contributed by atoms with Crippen LogP contribution in [0.25, 0.3) is 0 Å². The molecule has 0 atom stereocenters. The van der Waals surface area contributed by atoms with Crippen LogP contribution >= 0.6 is 11.6 Å². The fourth-order valence-corrected chi connectivity index (χ4v) is 2.92. The lowest BCUT2D eigenvalue weighted by Gasteiger charge is -2.11. The molecule has 2 rings (SSSR count). The Bertz CT molecular complexity index is 899. The smallest absolute Gasteiger partial charge is 0.318 e. The summed E-state index contributed by atoms with van der Waals surface area (Å²) in [4.78, 5) is 10.5. The van der Waals surface area contributed by atoms with Crippen molar-refractivity contribution in [1.29, 1.82) is 0 Å². The molecule has 1 amide bonds. The van der Waals surface area contributed by atoms with Crippen molar-refractivity contribution in [3.05, 3.63) is 53.3 Å². The largest absolute Gasteiger partial charge is 0.471 e. The van der Waals surface area contributed by atoms with Crippen LogP contribution in [-0.2, 0) is 14.8 Å². The summed E-state index contributed by atoms with van der Waals surface area (Å²) < 4.78 is 76.4. The van der Waals surface area contributed by atoms with E-state index in [-0.39, 0.29) is 21.3 Å². The SMILES string of the molecule is O=C(Nc1ccc(S(=O)(=O)Nc2ccc(Cl)cc2F)cc1)C(F)(F)F. The molecule has 2 aromatic rings. The van der Waals surface area contributed by atoms with Crippen LogP contribution in [0.15, 0.2) is 47.4 Å². The average molecular weight is 397 g/mol. The van der Waals surface area contributed by atoms with E-state index in [1.54, 1.807) is 5.32 Å². The van der Waals surface area contributed by atoms with Crippen molar-refractivity contribution in [3.63, 3.8) is 0 Å². The van der Waals surface area contributed by atoms with Gasteiger partial charge in [0.25, 0.3) is 10.0 Å². The van der Waals surface area contributed by atoms with E-state index in [1.165, 1.54) is 6.07 Å². The van der Waals surface area contributed by atoms with Crippen LogP contribution in [0, 0.1) is 5.82 Å². The van der Waals surface area contributed by atoms with E-state index < -0.39 is 27.9 Å². The van der Waals surface area contributed by atoms with Gasteiger partial charge >= 0.3 is 12.1 Å². The number of nitrogens with one attached hydrogen (secondary N) is 2. The monoisotopic (exact) mass is 396 g/mol. The number of hydrogen-bond acceptors (Lipinski definition) is 3. The third-order valence-corrected chi connectivity index (χ3v) is 4.47. The fraction of sp³-hybridized carbons (Fsp3) is 0.0714. The van der Waals surface area contributed by atoms with Crippen LogP contribution in [0.2, 0.25) is 5.02 Å². The summed E-state index contributed by atoms with van der Waals surface area (Å²) >= 11 is 5.56. The van der Waals surface area contributed by atoms with Crippen molar-refractivity contribution < 1.29 is 30.8 Å². The van der Waals surface area contributed by atoms with Crippen molar-refractivity contribution in [2.75, 3.05) is 10.0 Å². The first-order chi connectivity index (χ1) is 11.5. The lowest BCUT2D eigenvalue weighted by Crippen LogP contribution is -2.29. The molecule has 0 spiro atoms. The van der Waals surface area contributed by atoms with Gasteiger partial charge in [0, 0.05) is 10.7 Å². The Morgan fingerprint density at radius 1 is 1.04 bits per heavy atom. The molecule has 0 aromatic heterocycles. The molecule has 0 radical (unpaired) electrons. The standard InChI is InChI=1S/C14H9ClF4N2O3S/c15-8-1-6-12(11(16)7-8)21-25(23,24)10-4-2-9(3-5-10)20-13(22)14(17,18)19/h1-7,21H,(H,20,22). The molecule has 0 saturated carbocycles. The molecule has 0 fully saturated rings. The molecule has 134 valence electrons. The Hall–Kier alpha value is -2.33. The van der Waals surface area contributed by atoms with Gasteiger partial charge in [-0.05, 0) is 42.5 Å². The zero-order valence-electron chi connectivity index (χ0n) is 12.1. The average Bonchev–Trinajstić information content (AvgIpc) is 2.49. The van der Waals surface area contributed by atoms with Gasteiger partial charge in [0.2, 0.25) is 0 Å². The van der Waals surface area contributed by atoms with Gasteiger partial charge in [-0.25, -0.2) is 12.8 Å². The summed E-state index contributed by atoms with van der Waals surface area (Å²) in [6, 6.07) is 7.16. The third kappa shape index (κ3) is 4.83. The van der Waals surface area contributed by atoms with Crippen molar-refractivity contribution in [1.82, 2.24) is 0 Å². The molecule has 5 nitrogen and oxygen atoms in total. The quantitative estimate of drug-likeness (QED) is 0.772. The number of amides is 1. The second kappa shape index (κ2) is 6.89. The van der Waals surface area contributed by atoms with Crippen LogP contribution in [0.3, 0.4) is 0 Å². The molecule has 0 aliphatic carbocycles. The van der Waals surface area contributed by atoms with Gasteiger partial charge in [0.15, 0.2) is 0 Å². The predicted molar refractivity (Wildman–Crippen MR) is 83.3 cm³/mol. The first-order valence-corrected chi connectivity index (χ1v) is 8.31. The Morgan fingerprint density at radius 2 is 1.64 bits per heavy atom. The number of rotatable bonds is 4. The number of anilines is 2. The molecule has 2 aromatic carbocycles. The summed E-state index contributed by atoms with van der Waals surface area (Å²) in [6.45, 7) is 0. The van der Waals surface area contributed by atoms with Crippen molar-refractivity contribution >= 4 is 38.9 Å². The van der Waals surface area contributed by atoms with Gasteiger partial charge in [0.05, 0.1) is 10.6 Å². The Morgan fingerprint density at radius 3 is 2.16 bits per heavy atom. The molecular weight excluding hydrogens is 388 g/mol. The minimum atomic E-state index is -5.07. The zero-order chi connectivity index (χ0) is 18.8. The minimum Gasteiger partial charge on any atom is -0.318 e. The molecule has 0 heterocycles. The van der Waals surface area contributed by atoms with E-state index in [0.717, 1.165) is 36.4 Å². The molecule has 0 saturated heterocycles. The highest BCUT2D eigenvalue weighted by atomic mass is 35.5. The topological polar surface area (TPSA) is 75.3 Å². The summed E-state index contributed by atoms with van der Waals surface area (Å²) in [6.07, 6.45) is -5.07. The van der Waals surface area contributed by atoms with Gasteiger partial charge in [-0.1, -0.05) is 11.6 Å². The molecule has 0 aliphatic heterocycles. The fourth-order valence-electron chi connectivity index (χ4n) is 1.70. The van der Waals surface area contributed by atoms with Crippen LogP contribution in [-0.4, -0.2) is 20.5 Å². The van der Waals surface area contributed by atoms with E-state index in [0.29, 0.717) is 0 Å². The van der Waals surface area contributed by atoms with Crippen LogP contribution < -0.4 is 10.0 Å². The molecule has 0 unspecified atom stereocenters. The van der Waals surface area contributed by atoms with E-state index in [1.807, 2.05) is 4.72 Å². The molecular formula is C14H9ClF4N2O3S. The molecule has 11 heteroatoms. The maximum atomic E-state index is 13.7. The molecule has 2 N–H and O–H groups in total. The van der Waals surface area contributed by atoms with E-state index in [9.17, 15) is 30.8 Å². The maximum absolute atomic E-state index is 13.7. The highest BCUT2D eigenvalue weighted by Gasteiger charge is 2.38. The third-order valence-electron chi connectivity index (χ3n) is 2.86. The normalized spacial score (nSPS) is 11.9. The van der Waals surface area contributed by atoms with Gasteiger partial charge in [-0.2, -0.15) is 13.2 Å². The number of benzene rings is 2. The molecule has 0 aliphatic rings. The maximum Gasteiger partial charge on any atom is 0.471 e. The number of alkyl halides is 3. The first-order valence-electron chi connectivity index (χ1n) is 6.45. The number of halogens is 5. The lowest BCUT2D eigenvalue weighted by atomic mass is 10.3. The second-order valence-electron chi connectivity index (χ2n) is 4.71. The number of carbonyl (C=O) groups excluding carboxylic acids is 1. The van der Waals surface area contributed by atoms with Gasteiger partial charge in [0.1, 0.15) is 5.82 Å². The first kappa shape index (κ1) is 19.0. The van der Waals surface area contributed by atoms with Crippen molar-refractivity contribution in [2.24, 2.45) is 0 Å². The number of sulfonamides is 1. The summed E-state index contributed by atoms with van der Waals surface area (Å²) in [5.41, 5.74) is -0.599. The minimum absolute atomic E-state index is 0.0743. The predicted octanol–water partition coefficient (Wildman–Crippen LogP) is 3.78. The van der Waals surface area contributed by atoms with Gasteiger partial charge in [-0.15, -0.1) is 0 Å². The number of carbonyl (C=O) groups is 1. The van der Waals surface area contributed by atoms with Crippen molar-refractivity contribution in [2.45, 2.75) is 11.1 Å². The van der Waals surface area contributed by atoms with Crippen molar-refractivity contribution in [3.8, 4) is 0 Å². The Kier molecular flexibility index (Phi) is 5.23. The van der Waals surface area contributed by atoms with Gasteiger partial charge in [-0.3, -0.25) is 9.52 Å². The van der Waals surface area contributed by atoms with E-state index in [2.05, 4.69) is 0 Å². The Labute approximate surface area is 144 Å². The highest BCUT2D eigenvalue weighted by molar-refractivity contribution is 7.92. The van der Waals surface area contributed by atoms with Crippen LogP contribution in [0.5, 0.6) is 0 Å². The summed E-state index contributed by atoms with van der Waals surface area (Å²) in [5, 5.41) is 1.65. The Balaban J connectivity index is 2.19. The van der Waals surface area contributed by atoms with E-state index >= 15 is 0 Å². The molecule has 0 bridgehead atoms. The zero-order valence-corrected chi connectivity index (χ0v) is 13.6. The van der Waals surface area contributed by atoms with Crippen LogP contribution in [0.1, 0.15) is 0 Å².